The minimum Gasteiger partial charge on any atom is -0.756 e. The Balaban J connectivity index is 4.25. The van der Waals surface area contributed by atoms with E-state index in [0.29, 0.717) is 30.3 Å². The Morgan fingerprint density at radius 3 is 0.988 bits per heavy atom. The largest absolute Gasteiger partial charge is 0.756 e. The van der Waals surface area contributed by atoms with Crippen LogP contribution >= 0.6 is 7.82 Å². The van der Waals surface area contributed by atoms with Crippen LogP contribution in [0.3, 0.4) is 0 Å². The number of hydrogen-bond donors (Lipinski definition) is 0. The molecular formula is C74H116NO8P. The number of carbonyl (C=O) groups excluding carboxylic acids is 2. The molecule has 0 heterocycles. The summed E-state index contributed by atoms with van der Waals surface area (Å²) in [5, 5.41) is 0. The van der Waals surface area contributed by atoms with Gasteiger partial charge in [-0.15, -0.1) is 0 Å². The zero-order chi connectivity index (χ0) is 61.2. The third-order valence-electron chi connectivity index (χ3n) is 12.6. The molecule has 0 aliphatic carbocycles. The fourth-order valence-electron chi connectivity index (χ4n) is 7.75. The number of quaternary nitrogens is 1. The van der Waals surface area contributed by atoms with Gasteiger partial charge in [-0.05, 0) is 135 Å². The van der Waals surface area contributed by atoms with Crippen molar-refractivity contribution in [2.24, 2.45) is 0 Å². The van der Waals surface area contributed by atoms with E-state index >= 15 is 0 Å². The zero-order valence-corrected chi connectivity index (χ0v) is 54.1. The molecule has 0 amide bonds. The van der Waals surface area contributed by atoms with E-state index in [1.54, 1.807) is 0 Å². The quantitative estimate of drug-likeness (QED) is 0.0195. The van der Waals surface area contributed by atoms with Gasteiger partial charge < -0.3 is 27.9 Å². The Morgan fingerprint density at radius 1 is 0.369 bits per heavy atom. The summed E-state index contributed by atoms with van der Waals surface area (Å²) >= 11 is 0. The molecule has 470 valence electrons. The molecule has 0 aromatic rings. The van der Waals surface area contributed by atoms with Crippen LogP contribution in [-0.2, 0) is 32.7 Å². The number of rotatable bonds is 56. The van der Waals surface area contributed by atoms with E-state index in [9.17, 15) is 19.0 Å². The number of unbranched alkanes of at least 4 members (excludes halogenated alkanes) is 10. The molecular weight excluding hydrogens is 1060 g/mol. The van der Waals surface area contributed by atoms with Gasteiger partial charge in [0.1, 0.15) is 19.8 Å². The molecule has 84 heavy (non-hydrogen) atoms. The van der Waals surface area contributed by atoms with Crippen molar-refractivity contribution in [2.45, 2.75) is 213 Å². The van der Waals surface area contributed by atoms with Gasteiger partial charge in [-0.2, -0.15) is 0 Å². The molecule has 0 saturated carbocycles. The average Bonchev–Trinajstić information content (AvgIpc) is 3.61. The predicted molar refractivity (Wildman–Crippen MR) is 359 cm³/mol. The number of allylic oxidation sites excluding steroid dienone is 32. The zero-order valence-electron chi connectivity index (χ0n) is 53.3. The number of hydrogen-bond acceptors (Lipinski definition) is 8. The lowest BCUT2D eigenvalue weighted by Gasteiger charge is -2.28. The average molecular weight is 1180 g/mol. The van der Waals surface area contributed by atoms with Gasteiger partial charge in [0, 0.05) is 12.8 Å². The molecule has 0 aliphatic heterocycles. The van der Waals surface area contributed by atoms with Crippen molar-refractivity contribution >= 4 is 19.8 Å². The highest BCUT2D eigenvalue weighted by atomic mass is 31.2. The molecule has 0 aromatic heterocycles. The normalized spacial score (nSPS) is 14.5. The molecule has 2 unspecified atom stereocenters. The van der Waals surface area contributed by atoms with Crippen LogP contribution in [0.5, 0.6) is 0 Å². The number of phosphoric ester groups is 1. The van der Waals surface area contributed by atoms with Crippen molar-refractivity contribution in [1.82, 2.24) is 0 Å². The van der Waals surface area contributed by atoms with Crippen LogP contribution in [0.2, 0.25) is 0 Å². The smallest absolute Gasteiger partial charge is 0.306 e. The second-order valence-corrected chi connectivity index (χ2v) is 23.1. The first-order chi connectivity index (χ1) is 41.0. The maximum Gasteiger partial charge on any atom is 0.306 e. The molecule has 9 nitrogen and oxygen atoms in total. The molecule has 10 heteroatoms. The van der Waals surface area contributed by atoms with E-state index in [0.717, 1.165) is 128 Å². The van der Waals surface area contributed by atoms with Gasteiger partial charge >= 0.3 is 11.9 Å². The second-order valence-electron chi connectivity index (χ2n) is 21.7. The van der Waals surface area contributed by atoms with E-state index in [-0.39, 0.29) is 26.1 Å². The molecule has 2 atom stereocenters. The first kappa shape index (κ1) is 78.8. The summed E-state index contributed by atoms with van der Waals surface area (Å²) in [6.45, 7) is 3.90. The van der Waals surface area contributed by atoms with Crippen molar-refractivity contribution < 1.29 is 42.1 Å². The van der Waals surface area contributed by atoms with Crippen LogP contribution in [0.15, 0.2) is 194 Å². The topological polar surface area (TPSA) is 111 Å². The fraction of sp³-hybridized carbons (Fsp3) is 0.541. The number of likely N-dealkylation sites (N-methyl/N-ethyl adjacent to an activating group) is 1. The van der Waals surface area contributed by atoms with Crippen molar-refractivity contribution in [3.8, 4) is 0 Å². The van der Waals surface area contributed by atoms with Gasteiger partial charge in [-0.25, -0.2) is 0 Å². The Bertz CT molecular complexity index is 2120. The van der Waals surface area contributed by atoms with Crippen molar-refractivity contribution in [3.63, 3.8) is 0 Å². The Hall–Kier alpha value is -5.15. The molecule has 0 aliphatic rings. The molecule has 0 saturated heterocycles. The lowest BCUT2D eigenvalue weighted by molar-refractivity contribution is -0.870. The van der Waals surface area contributed by atoms with Crippen LogP contribution in [0.4, 0.5) is 0 Å². The lowest BCUT2D eigenvalue weighted by atomic mass is 10.1. The van der Waals surface area contributed by atoms with E-state index in [2.05, 4.69) is 202 Å². The Labute approximate surface area is 513 Å². The minimum absolute atomic E-state index is 0.0526. The summed E-state index contributed by atoms with van der Waals surface area (Å²) in [5.74, 6) is -0.927. The summed E-state index contributed by atoms with van der Waals surface area (Å²) in [6.07, 6.45) is 97.8. The highest BCUT2D eigenvalue weighted by Gasteiger charge is 2.21. The van der Waals surface area contributed by atoms with Gasteiger partial charge in [0.05, 0.1) is 27.7 Å². The number of carbonyl (C=O) groups is 2. The Kier molecular flexibility index (Phi) is 58.6. The fourth-order valence-corrected chi connectivity index (χ4v) is 8.48. The molecule has 0 fully saturated rings. The number of esters is 2. The van der Waals surface area contributed by atoms with Crippen LogP contribution in [-0.4, -0.2) is 70.0 Å². The molecule has 0 N–H and O–H groups in total. The third-order valence-corrected chi connectivity index (χ3v) is 13.6. The minimum atomic E-state index is -4.67. The molecule has 0 bridgehead atoms. The standard InChI is InChI=1S/C74H116NO8P/c1-6-8-10-12-14-16-18-20-22-24-26-28-30-31-32-33-34-35-36-37-38-39-40-41-42-43-45-47-49-51-53-55-57-59-61-63-65-67-74(77)83-72(71-82-84(78,79)81-69-68-75(3,4)5)70-80-73(76)66-64-62-60-58-56-54-52-50-48-46-44-29-27-25-23-21-19-17-15-13-11-9-7-2/h8-11,14-17,20-23,26-29,31-32,34-35,37-38,40-41,43,45-46,48,52,54,58,60,72H,6-7,12-13,18-19,24-25,30,33,36,39,42,44,47,49-51,53,55-57,59,61-71H2,1-5H3/b10-8-,11-9-,16-14-,17-15-,22-20-,23-21-,28-26-,29-27-,32-31-,35-34-,38-37-,41-40-,45-43-,48-46-,54-52-,60-58-. The molecule has 0 aromatic carbocycles. The molecule has 0 radical (unpaired) electrons. The van der Waals surface area contributed by atoms with Crippen LogP contribution in [0, 0.1) is 0 Å². The molecule has 0 spiro atoms. The van der Waals surface area contributed by atoms with Gasteiger partial charge in [0.15, 0.2) is 6.10 Å². The first-order valence-electron chi connectivity index (χ1n) is 32.1. The Morgan fingerprint density at radius 2 is 0.655 bits per heavy atom. The van der Waals surface area contributed by atoms with Gasteiger partial charge in [0.25, 0.3) is 7.82 Å². The van der Waals surface area contributed by atoms with Crippen molar-refractivity contribution in [3.05, 3.63) is 194 Å². The summed E-state index contributed by atoms with van der Waals surface area (Å²) in [6, 6.07) is 0. The summed E-state index contributed by atoms with van der Waals surface area (Å²) in [7, 11) is 1.10. The number of ether oxygens (including phenoxy) is 2. The molecule has 0 rings (SSSR count). The van der Waals surface area contributed by atoms with Gasteiger partial charge in [0.2, 0.25) is 0 Å². The monoisotopic (exact) mass is 1180 g/mol. The lowest BCUT2D eigenvalue weighted by Crippen LogP contribution is -2.37. The predicted octanol–water partition coefficient (Wildman–Crippen LogP) is 20.3. The summed E-state index contributed by atoms with van der Waals surface area (Å²) in [4.78, 5) is 37.9. The van der Waals surface area contributed by atoms with Crippen LogP contribution in [0.25, 0.3) is 0 Å². The number of nitrogens with zero attached hydrogens (tertiary/aromatic N) is 1. The van der Waals surface area contributed by atoms with Crippen LogP contribution < -0.4 is 4.89 Å². The van der Waals surface area contributed by atoms with Gasteiger partial charge in [-0.1, -0.05) is 253 Å². The maximum absolute atomic E-state index is 12.8. The third kappa shape index (κ3) is 66.0. The van der Waals surface area contributed by atoms with E-state index in [4.69, 9.17) is 18.5 Å². The SMILES string of the molecule is CC/C=C\C/C=C\C/C=C\C/C=C\C/C=C\C/C=C\C/C=C\C/C=C\C/C=C\CCCCCCCCCCCC(=O)OC(COC(=O)CCC/C=C\C/C=C\C/C=C\C/C=C\C/C=C\C/C=C\C/C=C\CC)COP(=O)([O-])OCC[N+](C)(C)C. The summed E-state index contributed by atoms with van der Waals surface area (Å²) in [5.41, 5.74) is 0. The van der Waals surface area contributed by atoms with E-state index in [1.807, 2.05) is 27.2 Å². The highest BCUT2D eigenvalue weighted by Crippen LogP contribution is 2.38. The first-order valence-corrected chi connectivity index (χ1v) is 33.6. The van der Waals surface area contributed by atoms with Crippen molar-refractivity contribution in [2.75, 3.05) is 47.5 Å². The highest BCUT2D eigenvalue weighted by molar-refractivity contribution is 7.45. The number of phosphoric acid groups is 1. The van der Waals surface area contributed by atoms with Crippen molar-refractivity contribution in [1.29, 1.82) is 0 Å². The van der Waals surface area contributed by atoms with Crippen LogP contribution in [0.1, 0.15) is 206 Å². The van der Waals surface area contributed by atoms with E-state index < -0.39 is 32.5 Å². The van der Waals surface area contributed by atoms with E-state index in [1.165, 1.54) is 32.1 Å². The second kappa shape index (κ2) is 62.4. The summed E-state index contributed by atoms with van der Waals surface area (Å²) < 4.78 is 34.1. The van der Waals surface area contributed by atoms with Gasteiger partial charge in [-0.3, -0.25) is 14.2 Å². The maximum atomic E-state index is 12.8.